The smallest absolute Gasteiger partial charge is 0.416 e. The molecule has 7 nitrogen and oxygen atoms in total. The second kappa shape index (κ2) is 9.79. The normalized spacial score (nSPS) is 16.8. The van der Waals surface area contributed by atoms with E-state index in [9.17, 15) is 27.5 Å². The molecule has 212 valence electrons. The van der Waals surface area contributed by atoms with Gasteiger partial charge in [0.1, 0.15) is 23.1 Å². The molecular formula is C29H23F5N4O3. The van der Waals surface area contributed by atoms with Gasteiger partial charge in [0, 0.05) is 35.2 Å². The molecule has 12 heteroatoms. The van der Waals surface area contributed by atoms with E-state index in [4.69, 9.17) is 4.74 Å². The lowest BCUT2D eigenvalue weighted by molar-refractivity contribution is -0.138. The molecule has 0 bridgehead atoms. The summed E-state index contributed by atoms with van der Waals surface area (Å²) in [7, 11) is 1.30. The summed E-state index contributed by atoms with van der Waals surface area (Å²) in [4.78, 5) is 19.8. The summed E-state index contributed by atoms with van der Waals surface area (Å²) in [6.07, 6.45) is -5.25. The van der Waals surface area contributed by atoms with Crippen LogP contribution in [0.5, 0.6) is 5.75 Å². The number of methoxy groups -OCH3 is 1. The van der Waals surface area contributed by atoms with Gasteiger partial charge < -0.3 is 24.2 Å². The number of aromatic nitrogens is 1. The number of hydrogen-bond donors (Lipinski definition) is 1. The van der Waals surface area contributed by atoms with E-state index in [2.05, 4.69) is 4.99 Å². The molecular weight excluding hydrogens is 547 g/mol. The van der Waals surface area contributed by atoms with Gasteiger partial charge in [-0.05, 0) is 48.5 Å². The second-order valence-corrected chi connectivity index (χ2v) is 9.87. The highest BCUT2D eigenvalue weighted by atomic mass is 19.4. The summed E-state index contributed by atoms with van der Waals surface area (Å²) in [5.41, 5.74) is 0.720. The Hall–Kier alpha value is -4.61. The largest absolute Gasteiger partial charge is 0.495 e. The van der Waals surface area contributed by atoms with Crippen molar-refractivity contribution >= 4 is 34.2 Å². The summed E-state index contributed by atoms with van der Waals surface area (Å²) in [5.74, 6) is -2.17. The lowest BCUT2D eigenvalue weighted by Gasteiger charge is -2.43. The average molecular weight is 571 g/mol. The number of anilines is 1. The molecule has 4 aromatic rings. The van der Waals surface area contributed by atoms with Gasteiger partial charge in [0.2, 0.25) is 5.96 Å². The van der Waals surface area contributed by atoms with Crippen molar-refractivity contribution in [1.29, 1.82) is 0 Å². The average Bonchev–Trinajstić information content (AvgIpc) is 3.28. The van der Waals surface area contributed by atoms with E-state index in [1.54, 1.807) is 11.0 Å². The first-order valence-corrected chi connectivity index (χ1v) is 12.7. The maximum absolute atomic E-state index is 15.1. The highest BCUT2D eigenvalue weighted by Gasteiger charge is 2.40. The van der Waals surface area contributed by atoms with Crippen LogP contribution in [-0.4, -0.2) is 40.2 Å². The predicted octanol–water partition coefficient (Wildman–Crippen LogP) is 6.49. The zero-order chi connectivity index (χ0) is 29.1. The third-order valence-corrected chi connectivity index (χ3v) is 7.43. The van der Waals surface area contributed by atoms with Crippen molar-refractivity contribution in [2.45, 2.75) is 31.7 Å². The lowest BCUT2D eigenvalue weighted by atomic mass is 9.96. The molecule has 0 saturated heterocycles. The van der Waals surface area contributed by atoms with Crippen LogP contribution in [0.1, 0.15) is 29.3 Å². The SMILES string of the molecule is COc1ccc(C(F)(F)F)cc1N1C(N2CCn3c(cc4cc(F)ccc43)C2)=Nc2c(F)cccc2C1CC(=O)O. The number of carbonyl (C=O) groups is 1. The molecule has 0 spiro atoms. The molecule has 1 unspecified atom stereocenters. The maximum atomic E-state index is 15.1. The Morgan fingerprint density at radius 3 is 2.61 bits per heavy atom. The predicted molar refractivity (Wildman–Crippen MR) is 141 cm³/mol. The minimum atomic E-state index is -4.69. The molecule has 0 radical (unpaired) electrons. The van der Waals surface area contributed by atoms with Gasteiger partial charge in [-0.1, -0.05) is 12.1 Å². The Morgan fingerprint density at radius 1 is 1.07 bits per heavy atom. The van der Waals surface area contributed by atoms with E-state index in [0.717, 1.165) is 29.4 Å². The molecule has 41 heavy (non-hydrogen) atoms. The highest BCUT2D eigenvalue weighted by Crippen LogP contribution is 2.46. The second-order valence-electron chi connectivity index (χ2n) is 9.87. The van der Waals surface area contributed by atoms with E-state index in [1.807, 2.05) is 10.6 Å². The van der Waals surface area contributed by atoms with Crippen molar-refractivity contribution in [1.82, 2.24) is 9.47 Å². The minimum absolute atomic E-state index is 0.0579. The van der Waals surface area contributed by atoms with Gasteiger partial charge in [0.05, 0.1) is 37.4 Å². The van der Waals surface area contributed by atoms with Crippen LogP contribution in [0.3, 0.4) is 0 Å². The van der Waals surface area contributed by atoms with Gasteiger partial charge in [-0.25, -0.2) is 13.8 Å². The fourth-order valence-corrected chi connectivity index (χ4v) is 5.63. The third kappa shape index (κ3) is 4.62. The van der Waals surface area contributed by atoms with Crippen LogP contribution < -0.4 is 9.64 Å². The molecule has 6 rings (SSSR count). The fourth-order valence-electron chi connectivity index (χ4n) is 5.63. The Kier molecular flexibility index (Phi) is 6.35. The molecule has 0 amide bonds. The number of rotatable bonds is 4. The van der Waals surface area contributed by atoms with Crippen molar-refractivity contribution in [3.63, 3.8) is 0 Å². The molecule has 0 aliphatic carbocycles. The van der Waals surface area contributed by atoms with Crippen LogP contribution in [-0.2, 0) is 24.1 Å². The number of benzene rings is 3. The van der Waals surface area contributed by atoms with Crippen LogP contribution in [0.25, 0.3) is 10.9 Å². The number of ether oxygens (including phenoxy) is 1. The number of alkyl halides is 3. The van der Waals surface area contributed by atoms with Crippen LogP contribution in [0.2, 0.25) is 0 Å². The van der Waals surface area contributed by atoms with Gasteiger partial charge in [0.25, 0.3) is 0 Å². The first-order valence-electron chi connectivity index (χ1n) is 12.7. The molecule has 3 aromatic carbocycles. The number of aliphatic imine (C=N–C) groups is 1. The minimum Gasteiger partial charge on any atom is -0.495 e. The topological polar surface area (TPSA) is 70.3 Å². The van der Waals surface area contributed by atoms with E-state index in [-0.39, 0.29) is 41.0 Å². The number of halogens is 5. The number of fused-ring (bicyclic) bond motifs is 4. The fraction of sp³-hybridized carbons (Fsp3) is 0.241. The summed E-state index contributed by atoms with van der Waals surface area (Å²) in [5, 5.41) is 10.5. The Labute approximate surface area is 230 Å². The van der Waals surface area contributed by atoms with Gasteiger partial charge in [0.15, 0.2) is 0 Å². The monoisotopic (exact) mass is 570 g/mol. The number of carboxylic acids is 1. The molecule has 2 aliphatic heterocycles. The number of hydrogen-bond acceptors (Lipinski definition) is 5. The Morgan fingerprint density at radius 2 is 1.88 bits per heavy atom. The lowest BCUT2D eigenvalue weighted by Crippen LogP contribution is -2.50. The molecule has 0 saturated carbocycles. The maximum Gasteiger partial charge on any atom is 0.416 e. The van der Waals surface area contributed by atoms with Crippen molar-refractivity contribution < 1.29 is 36.6 Å². The standard InChI is InChI=1S/C29H23F5N4O3/c1-41-25-8-5-17(29(32,33)34)13-24(25)38-23(14-26(39)40)20-3-2-4-21(31)27(20)35-28(38)36-9-10-37-19(15-36)12-16-11-18(30)6-7-22(16)37/h2-8,11-13,23H,9-10,14-15H2,1H3,(H,39,40). The number of nitrogens with zero attached hydrogens (tertiary/aromatic N) is 4. The van der Waals surface area contributed by atoms with Gasteiger partial charge >= 0.3 is 12.1 Å². The molecule has 2 aliphatic rings. The molecule has 3 heterocycles. The zero-order valence-electron chi connectivity index (χ0n) is 21.6. The van der Waals surface area contributed by atoms with Crippen molar-refractivity contribution in [3.05, 3.63) is 89.1 Å². The van der Waals surface area contributed by atoms with Crippen molar-refractivity contribution in [2.75, 3.05) is 18.6 Å². The van der Waals surface area contributed by atoms with Gasteiger partial charge in [-0.2, -0.15) is 13.2 Å². The van der Waals surface area contributed by atoms with Crippen LogP contribution >= 0.6 is 0 Å². The molecule has 1 aromatic heterocycles. The van der Waals surface area contributed by atoms with E-state index in [0.29, 0.717) is 18.5 Å². The third-order valence-electron chi connectivity index (χ3n) is 7.43. The van der Waals surface area contributed by atoms with Crippen molar-refractivity contribution in [3.8, 4) is 5.75 Å². The Bertz CT molecular complexity index is 1710. The molecule has 0 fully saturated rings. The molecule has 1 N–H and O–H groups in total. The zero-order valence-corrected chi connectivity index (χ0v) is 21.6. The summed E-state index contributed by atoms with van der Waals surface area (Å²) in [6, 6.07) is 12.2. The number of carboxylic acid groups (broad SMARTS) is 1. The number of para-hydroxylation sites is 1. The van der Waals surface area contributed by atoms with Crippen molar-refractivity contribution in [2.24, 2.45) is 4.99 Å². The Balaban J connectivity index is 1.55. The van der Waals surface area contributed by atoms with E-state index >= 15 is 4.39 Å². The number of aliphatic carboxylic acids is 1. The van der Waals surface area contributed by atoms with Crippen LogP contribution in [0.15, 0.2) is 65.7 Å². The highest BCUT2D eigenvalue weighted by molar-refractivity contribution is 6.02. The summed E-state index contributed by atoms with van der Waals surface area (Å²) in [6.45, 7) is 0.940. The van der Waals surface area contributed by atoms with Crippen LogP contribution in [0.4, 0.5) is 33.3 Å². The summed E-state index contributed by atoms with van der Waals surface area (Å²) < 4.78 is 78.0. The molecule has 1 atom stereocenters. The van der Waals surface area contributed by atoms with Gasteiger partial charge in [-0.15, -0.1) is 0 Å². The quantitative estimate of drug-likeness (QED) is 0.284. The number of guanidine groups is 1. The van der Waals surface area contributed by atoms with E-state index in [1.165, 1.54) is 42.3 Å². The van der Waals surface area contributed by atoms with E-state index < -0.39 is 36.0 Å². The first kappa shape index (κ1) is 26.6. The summed E-state index contributed by atoms with van der Waals surface area (Å²) >= 11 is 0. The first-order chi connectivity index (χ1) is 19.5. The van der Waals surface area contributed by atoms with Crippen LogP contribution in [0, 0.1) is 11.6 Å². The van der Waals surface area contributed by atoms with Gasteiger partial charge in [-0.3, -0.25) is 4.79 Å².